The smallest absolute Gasteiger partial charge is 0.410 e. The fraction of sp³-hybridized carbons (Fsp3) is 0.500. The second-order valence-corrected chi connectivity index (χ2v) is 8.48. The highest BCUT2D eigenvalue weighted by molar-refractivity contribution is 5.93. The van der Waals surface area contributed by atoms with Crippen LogP contribution in [0.2, 0.25) is 0 Å². The molecule has 0 radical (unpaired) electrons. The number of likely N-dealkylation sites (tertiary alicyclic amines) is 1. The van der Waals surface area contributed by atoms with E-state index >= 15 is 0 Å². The largest absolute Gasteiger partial charge is 0.478 e. The number of hydrogen-bond acceptors (Lipinski definition) is 5. The summed E-state index contributed by atoms with van der Waals surface area (Å²) < 4.78 is 26.5. The number of anilines is 1. The van der Waals surface area contributed by atoms with Gasteiger partial charge in [0.2, 0.25) is 0 Å². The second kappa shape index (κ2) is 9.36. The van der Waals surface area contributed by atoms with Gasteiger partial charge >= 0.3 is 6.09 Å². The fourth-order valence-corrected chi connectivity index (χ4v) is 3.28. The van der Waals surface area contributed by atoms with Gasteiger partial charge in [0.05, 0.1) is 6.04 Å². The third-order valence-corrected chi connectivity index (χ3v) is 4.82. The van der Waals surface area contributed by atoms with Gasteiger partial charge in [-0.2, -0.15) is 5.10 Å². The summed E-state index contributed by atoms with van der Waals surface area (Å²) in [5.41, 5.74) is -0.543. The van der Waals surface area contributed by atoms with E-state index in [0.717, 1.165) is 6.42 Å². The van der Waals surface area contributed by atoms with Gasteiger partial charge in [0, 0.05) is 25.4 Å². The number of nitrogens with one attached hydrogen (secondary N) is 1. The van der Waals surface area contributed by atoms with Gasteiger partial charge < -0.3 is 19.7 Å². The Hall–Kier alpha value is -3.10. The molecule has 2 aromatic rings. The Morgan fingerprint density at radius 1 is 1.29 bits per heavy atom. The molecule has 3 rings (SSSR count). The molecular weight excluding hydrogens is 403 g/mol. The van der Waals surface area contributed by atoms with E-state index in [0.29, 0.717) is 25.3 Å². The first-order valence-corrected chi connectivity index (χ1v) is 10.4. The molecule has 2 unspecified atom stereocenters. The molecule has 2 amide bonds. The molecule has 1 saturated heterocycles. The summed E-state index contributed by atoms with van der Waals surface area (Å²) in [6.07, 6.45) is 1.68. The van der Waals surface area contributed by atoms with Gasteiger partial charge in [0.1, 0.15) is 5.60 Å². The zero-order chi connectivity index (χ0) is 22.6. The van der Waals surface area contributed by atoms with Crippen LogP contribution in [0, 0.1) is 5.82 Å². The van der Waals surface area contributed by atoms with Crippen molar-refractivity contribution in [3.05, 3.63) is 42.3 Å². The Balaban J connectivity index is 1.57. The summed E-state index contributed by atoms with van der Waals surface area (Å²) in [7, 11) is 0. The van der Waals surface area contributed by atoms with E-state index in [-0.39, 0.29) is 17.9 Å². The molecule has 0 saturated carbocycles. The van der Waals surface area contributed by atoms with Crippen molar-refractivity contribution in [2.75, 3.05) is 18.4 Å². The summed E-state index contributed by atoms with van der Waals surface area (Å²) >= 11 is 0. The minimum absolute atomic E-state index is 0.00481. The molecule has 2 atom stereocenters. The minimum Gasteiger partial charge on any atom is -0.478 e. The summed E-state index contributed by atoms with van der Waals surface area (Å²) in [5.74, 6) is -0.522. The van der Waals surface area contributed by atoms with Crippen molar-refractivity contribution in [1.82, 2.24) is 14.7 Å². The average Bonchev–Trinajstić information content (AvgIpc) is 3.35. The van der Waals surface area contributed by atoms with Crippen LogP contribution >= 0.6 is 0 Å². The number of carbonyl (C=O) groups is 2. The van der Waals surface area contributed by atoms with Crippen LogP contribution < -0.4 is 10.1 Å². The van der Waals surface area contributed by atoms with E-state index in [9.17, 15) is 14.0 Å². The number of halogens is 1. The van der Waals surface area contributed by atoms with Gasteiger partial charge in [-0.15, -0.1) is 0 Å². The molecule has 9 heteroatoms. The molecule has 168 valence electrons. The first-order chi connectivity index (χ1) is 14.7. The molecule has 1 aromatic heterocycles. The molecule has 1 aliphatic rings. The average molecular weight is 432 g/mol. The number of hydrogen-bond donors (Lipinski definition) is 1. The van der Waals surface area contributed by atoms with Crippen molar-refractivity contribution in [1.29, 1.82) is 0 Å². The predicted molar refractivity (Wildman–Crippen MR) is 113 cm³/mol. The molecule has 0 bridgehead atoms. The van der Waals surface area contributed by atoms with Crippen molar-refractivity contribution in [2.45, 2.75) is 58.3 Å². The Morgan fingerprint density at radius 3 is 2.71 bits per heavy atom. The predicted octanol–water partition coefficient (Wildman–Crippen LogP) is 4.00. The van der Waals surface area contributed by atoms with Gasteiger partial charge in [0.15, 0.2) is 23.5 Å². The van der Waals surface area contributed by atoms with Crippen LogP contribution in [0.5, 0.6) is 5.75 Å². The molecule has 2 heterocycles. The Bertz CT molecular complexity index is 924. The maximum Gasteiger partial charge on any atom is 0.410 e. The van der Waals surface area contributed by atoms with Gasteiger partial charge in [-0.05, 0) is 45.7 Å². The van der Waals surface area contributed by atoms with Gasteiger partial charge in [-0.1, -0.05) is 19.1 Å². The third-order valence-electron chi connectivity index (χ3n) is 4.82. The number of amides is 2. The highest BCUT2D eigenvalue weighted by atomic mass is 19.1. The van der Waals surface area contributed by atoms with E-state index < -0.39 is 23.4 Å². The van der Waals surface area contributed by atoms with Crippen LogP contribution in [0.1, 0.15) is 46.6 Å². The highest BCUT2D eigenvalue weighted by Gasteiger charge is 2.31. The number of rotatable bonds is 6. The molecule has 8 nitrogen and oxygen atoms in total. The van der Waals surface area contributed by atoms with E-state index in [1.54, 1.807) is 40.9 Å². The second-order valence-electron chi connectivity index (χ2n) is 8.48. The fourth-order valence-electron chi connectivity index (χ4n) is 3.28. The SMILES string of the molecule is CCC(Oc1ccccc1F)C(=O)Nc1ccn(C2CCN(C(=O)OC(C)(C)C)C2)n1. The van der Waals surface area contributed by atoms with Crippen molar-refractivity contribution in [3.63, 3.8) is 0 Å². The quantitative estimate of drug-likeness (QED) is 0.746. The van der Waals surface area contributed by atoms with Crippen LogP contribution in [0.4, 0.5) is 15.0 Å². The lowest BCUT2D eigenvalue weighted by atomic mass is 10.2. The molecule has 1 fully saturated rings. The standard InChI is InChI=1S/C22H29FN4O4/c1-5-17(30-18-9-7-6-8-16(18)23)20(28)24-19-11-13-27(25-19)15-10-12-26(14-15)21(29)31-22(2,3)4/h6-9,11,13,15,17H,5,10,12,14H2,1-4H3,(H,24,25,28). The zero-order valence-corrected chi connectivity index (χ0v) is 18.3. The van der Waals surface area contributed by atoms with Crippen LogP contribution in [0.25, 0.3) is 0 Å². The molecule has 1 N–H and O–H groups in total. The normalized spacial score (nSPS) is 17.3. The molecule has 31 heavy (non-hydrogen) atoms. The molecule has 1 aromatic carbocycles. The maximum absolute atomic E-state index is 13.8. The monoisotopic (exact) mass is 432 g/mol. The Morgan fingerprint density at radius 2 is 2.03 bits per heavy atom. The Kier molecular flexibility index (Phi) is 6.82. The number of para-hydroxylation sites is 1. The van der Waals surface area contributed by atoms with Gasteiger partial charge in [-0.3, -0.25) is 9.48 Å². The van der Waals surface area contributed by atoms with Crippen molar-refractivity contribution in [3.8, 4) is 5.75 Å². The van der Waals surface area contributed by atoms with Crippen molar-refractivity contribution in [2.24, 2.45) is 0 Å². The number of benzene rings is 1. The molecule has 0 spiro atoms. The van der Waals surface area contributed by atoms with Crippen LogP contribution in [-0.2, 0) is 9.53 Å². The Labute approximate surface area is 181 Å². The van der Waals surface area contributed by atoms with E-state index in [1.807, 2.05) is 20.8 Å². The minimum atomic E-state index is -0.851. The lowest BCUT2D eigenvalue weighted by Crippen LogP contribution is -2.35. The lowest BCUT2D eigenvalue weighted by molar-refractivity contribution is -0.122. The highest BCUT2D eigenvalue weighted by Crippen LogP contribution is 2.24. The van der Waals surface area contributed by atoms with E-state index in [2.05, 4.69) is 10.4 Å². The summed E-state index contributed by atoms with van der Waals surface area (Å²) in [5, 5.41) is 7.14. The molecule has 0 aliphatic carbocycles. The number of ether oxygens (including phenoxy) is 2. The first-order valence-electron chi connectivity index (χ1n) is 10.4. The topological polar surface area (TPSA) is 85.7 Å². The van der Waals surface area contributed by atoms with Crippen molar-refractivity contribution < 1.29 is 23.5 Å². The van der Waals surface area contributed by atoms with Crippen molar-refractivity contribution >= 4 is 17.8 Å². The van der Waals surface area contributed by atoms with Gasteiger partial charge in [-0.25, -0.2) is 9.18 Å². The summed E-state index contributed by atoms with van der Waals surface area (Å²) in [6.45, 7) is 8.35. The third kappa shape index (κ3) is 5.96. The zero-order valence-electron chi connectivity index (χ0n) is 18.3. The molecule has 1 aliphatic heterocycles. The lowest BCUT2D eigenvalue weighted by Gasteiger charge is -2.24. The van der Waals surface area contributed by atoms with Crippen LogP contribution in [-0.4, -0.2) is 51.5 Å². The summed E-state index contributed by atoms with van der Waals surface area (Å²) in [6, 6.07) is 7.65. The summed E-state index contributed by atoms with van der Waals surface area (Å²) in [4.78, 5) is 26.5. The van der Waals surface area contributed by atoms with Crippen LogP contribution in [0.3, 0.4) is 0 Å². The van der Waals surface area contributed by atoms with E-state index in [1.165, 1.54) is 12.1 Å². The van der Waals surface area contributed by atoms with Crippen LogP contribution in [0.15, 0.2) is 36.5 Å². The number of aromatic nitrogens is 2. The number of carbonyl (C=O) groups excluding carboxylic acids is 2. The molecular formula is C22H29FN4O4. The maximum atomic E-state index is 13.8. The van der Waals surface area contributed by atoms with Gasteiger partial charge in [0.25, 0.3) is 5.91 Å². The first kappa shape index (κ1) is 22.6. The number of nitrogens with zero attached hydrogens (tertiary/aromatic N) is 3. The van der Waals surface area contributed by atoms with E-state index in [4.69, 9.17) is 9.47 Å².